The van der Waals surface area contributed by atoms with Crippen molar-refractivity contribution in [1.29, 1.82) is 0 Å². The predicted molar refractivity (Wildman–Crippen MR) is 191 cm³/mol. The average molecular weight is 647 g/mol. The van der Waals surface area contributed by atoms with Crippen molar-refractivity contribution < 1.29 is 28.5 Å². The first kappa shape index (κ1) is 41.3. The molecule has 0 saturated heterocycles. The van der Waals surface area contributed by atoms with Gasteiger partial charge >= 0.3 is 0 Å². The van der Waals surface area contributed by atoms with Crippen LogP contribution in [-0.2, 0) is 25.2 Å². The van der Waals surface area contributed by atoms with Gasteiger partial charge in [-0.3, -0.25) is 0 Å². The van der Waals surface area contributed by atoms with Crippen molar-refractivity contribution in [3.63, 3.8) is 0 Å². The molecular weight excluding hydrogens is 580 g/mol. The molecule has 0 radical (unpaired) electrons. The van der Waals surface area contributed by atoms with E-state index in [1.807, 2.05) is 31.2 Å². The number of hydrogen-bond acceptors (Lipinski definition) is 6. The molecule has 258 valence electrons. The van der Waals surface area contributed by atoms with E-state index in [9.17, 15) is 5.11 Å². The third-order valence-electron chi connectivity index (χ3n) is 9.44. The Hall–Kier alpha value is -1.74. The number of methoxy groups -OCH3 is 2. The molecule has 0 heterocycles. The maximum atomic E-state index is 9.85. The molecule has 0 aromatic heterocycles. The van der Waals surface area contributed by atoms with Gasteiger partial charge in [0.2, 0.25) is 0 Å². The first-order valence-electron chi connectivity index (χ1n) is 16.6. The molecule has 0 saturated carbocycles. The normalized spacial score (nSPS) is 18.6. The van der Waals surface area contributed by atoms with Gasteiger partial charge in [0.1, 0.15) is 12.5 Å². The molecule has 0 unspecified atom stereocenters. The number of benzene rings is 1. The molecular formula is C38H66O6Si. The SMILES string of the molecule is C=C/C=C\[C@H](C)[C@H](OCc1ccc(OC)cc1)[C@@H](C)[C@H](O[Si](C)(C)C(C)(C)C)[C@@H](C)C/C(C)=C\[C@H](C)[C@@H](OCOC)[C@@H](C)CO. The van der Waals surface area contributed by atoms with Gasteiger partial charge in [-0.15, -0.1) is 0 Å². The van der Waals surface area contributed by atoms with Gasteiger partial charge in [0, 0.05) is 37.4 Å². The van der Waals surface area contributed by atoms with Crippen molar-refractivity contribution in [1.82, 2.24) is 0 Å². The summed E-state index contributed by atoms with van der Waals surface area (Å²) in [4.78, 5) is 0. The summed E-state index contributed by atoms with van der Waals surface area (Å²) in [7, 11) is 1.19. The molecule has 1 N–H and O–H groups in total. The van der Waals surface area contributed by atoms with Crippen LogP contribution in [0.1, 0.15) is 74.3 Å². The first-order chi connectivity index (χ1) is 21.0. The number of rotatable bonds is 21. The van der Waals surface area contributed by atoms with Crippen molar-refractivity contribution in [2.45, 2.75) is 112 Å². The van der Waals surface area contributed by atoms with Crippen LogP contribution < -0.4 is 4.74 Å². The van der Waals surface area contributed by atoms with E-state index in [2.05, 4.69) is 99.3 Å². The molecule has 0 aliphatic rings. The Labute approximate surface area is 277 Å². The number of ether oxygens (including phenoxy) is 4. The Morgan fingerprint density at radius 2 is 1.53 bits per heavy atom. The van der Waals surface area contributed by atoms with Gasteiger partial charge in [0.25, 0.3) is 0 Å². The average Bonchev–Trinajstić information content (AvgIpc) is 2.98. The zero-order chi connectivity index (χ0) is 34.4. The van der Waals surface area contributed by atoms with Crippen LogP contribution in [-0.4, -0.2) is 59.4 Å². The maximum Gasteiger partial charge on any atom is 0.192 e. The van der Waals surface area contributed by atoms with Crippen molar-refractivity contribution >= 4 is 8.32 Å². The van der Waals surface area contributed by atoms with Crippen LogP contribution in [0.25, 0.3) is 0 Å². The molecule has 8 atom stereocenters. The lowest BCUT2D eigenvalue weighted by molar-refractivity contribution is -0.107. The fourth-order valence-corrected chi connectivity index (χ4v) is 7.31. The Morgan fingerprint density at radius 3 is 2.04 bits per heavy atom. The molecule has 7 heteroatoms. The summed E-state index contributed by atoms with van der Waals surface area (Å²) in [6.45, 7) is 29.5. The van der Waals surface area contributed by atoms with E-state index in [4.69, 9.17) is 23.4 Å². The smallest absolute Gasteiger partial charge is 0.192 e. The molecule has 1 aromatic rings. The standard InChI is InChI=1S/C38H66O6Si/c1-15-16-17-28(3)36(42-25-33-18-20-34(41-12)21-19-33)32(7)37(44-45(13,14)38(8,9)10)30(5)23-27(2)22-29(4)35(31(6)24-39)43-26-40-11/h15-22,28-32,35-37,39H,1,23-26H2,2-14H3/b17-16-,27-22-/t28-,29-,30-,31-,32+,35+,36-,37+/m0/s1. The molecule has 0 spiro atoms. The quantitative estimate of drug-likeness (QED) is 0.0622. The van der Waals surface area contributed by atoms with Crippen molar-refractivity contribution in [3.05, 3.63) is 66.3 Å². The first-order valence-corrected chi connectivity index (χ1v) is 19.5. The molecule has 0 fully saturated rings. The highest BCUT2D eigenvalue weighted by Gasteiger charge is 2.43. The minimum Gasteiger partial charge on any atom is -0.497 e. The van der Waals surface area contributed by atoms with Gasteiger partial charge in [-0.2, -0.15) is 0 Å². The third kappa shape index (κ3) is 13.5. The van der Waals surface area contributed by atoms with E-state index in [0.29, 0.717) is 6.61 Å². The van der Waals surface area contributed by atoms with Gasteiger partial charge in [0.15, 0.2) is 8.32 Å². The molecule has 0 bridgehead atoms. The Kier molecular flexibility index (Phi) is 18.2. The lowest BCUT2D eigenvalue weighted by Crippen LogP contribution is -2.50. The van der Waals surface area contributed by atoms with Crippen molar-refractivity contribution in [2.75, 3.05) is 27.6 Å². The fraction of sp³-hybridized carbons (Fsp3) is 0.684. The monoisotopic (exact) mass is 646 g/mol. The molecule has 0 aliphatic heterocycles. The summed E-state index contributed by atoms with van der Waals surface area (Å²) in [5.74, 6) is 1.48. The predicted octanol–water partition coefficient (Wildman–Crippen LogP) is 9.21. The third-order valence-corrected chi connectivity index (χ3v) is 13.9. The molecule has 45 heavy (non-hydrogen) atoms. The van der Waals surface area contributed by atoms with E-state index in [1.54, 1.807) is 14.2 Å². The van der Waals surface area contributed by atoms with Crippen LogP contribution in [0.5, 0.6) is 5.75 Å². The van der Waals surface area contributed by atoms with Gasteiger partial charge in [-0.05, 0) is 55.1 Å². The largest absolute Gasteiger partial charge is 0.497 e. The van der Waals surface area contributed by atoms with Gasteiger partial charge < -0.3 is 28.5 Å². The van der Waals surface area contributed by atoms with E-state index in [0.717, 1.165) is 17.7 Å². The number of aliphatic hydroxyl groups excluding tert-OH is 1. The van der Waals surface area contributed by atoms with Crippen LogP contribution in [0.3, 0.4) is 0 Å². The summed E-state index contributed by atoms with van der Waals surface area (Å²) >= 11 is 0. The Morgan fingerprint density at radius 1 is 0.911 bits per heavy atom. The Bertz CT molecular complexity index is 1030. The Balaban J connectivity index is 3.42. The lowest BCUT2D eigenvalue weighted by atomic mass is 9.81. The van der Waals surface area contributed by atoms with Crippen LogP contribution in [0.2, 0.25) is 18.1 Å². The molecule has 0 amide bonds. The number of aliphatic hydroxyl groups is 1. The second kappa shape index (κ2) is 19.8. The minimum atomic E-state index is -2.12. The van der Waals surface area contributed by atoms with Crippen LogP contribution >= 0.6 is 0 Å². The maximum absolute atomic E-state index is 9.85. The summed E-state index contributed by atoms with van der Waals surface area (Å²) in [5, 5.41) is 9.92. The number of hydrogen-bond donors (Lipinski definition) is 1. The summed E-state index contributed by atoms with van der Waals surface area (Å²) < 4.78 is 30.6. The van der Waals surface area contributed by atoms with E-state index in [1.165, 1.54) is 5.57 Å². The van der Waals surface area contributed by atoms with Crippen LogP contribution in [0.15, 0.2) is 60.7 Å². The summed E-state index contributed by atoms with van der Waals surface area (Å²) in [5.41, 5.74) is 2.40. The van der Waals surface area contributed by atoms with E-state index >= 15 is 0 Å². The van der Waals surface area contributed by atoms with E-state index in [-0.39, 0.29) is 66.3 Å². The second-order valence-corrected chi connectivity index (χ2v) is 19.3. The molecule has 0 aliphatic carbocycles. The lowest BCUT2D eigenvalue weighted by Gasteiger charge is -2.45. The van der Waals surface area contributed by atoms with Crippen LogP contribution in [0, 0.1) is 29.6 Å². The zero-order valence-corrected chi connectivity index (χ0v) is 31.8. The van der Waals surface area contributed by atoms with Gasteiger partial charge in [-0.1, -0.05) is 104 Å². The molecule has 1 rings (SSSR count). The number of allylic oxidation sites excluding steroid dienone is 3. The topological polar surface area (TPSA) is 66.4 Å². The van der Waals surface area contributed by atoms with Crippen molar-refractivity contribution in [2.24, 2.45) is 29.6 Å². The second-order valence-electron chi connectivity index (χ2n) is 14.6. The summed E-state index contributed by atoms with van der Waals surface area (Å²) in [6.07, 6.45) is 8.99. The summed E-state index contributed by atoms with van der Waals surface area (Å²) in [6, 6.07) is 8.08. The van der Waals surface area contributed by atoms with Gasteiger partial charge in [0.05, 0.1) is 32.0 Å². The van der Waals surface area contributed by atoms with Crippen molar-refractivity contribution in [3.8, 4) is 5.75 Å². The highest BCUT2D eigenvalue weighted by molar-refractivity contribution is 6.74. The molecule has 6 nitrogen and oxygen atoms in total. The fourth-order valence-electron chi connectivity index (χ4n) is 5.83. The highest BCUT2D eigenvalue weighted by Crippen LogP contribution is 2.41. The minimum absolute atomic E-state index is 0.0000268. The molecule has 1 aromatic carbocycles. The van der Waals surface area contributed by atoms with Gasteiger partial charge in [-0.25, -0.2) is 0 Å². The van der Waals surface area contributed by atoms with Crippen LogP contribution in [0.4, 0.5) is 0 Å². The van der Waals surface area contributed by atoms with E-state index < -0.39 is 8.32 Å². The zero-order valence-electron chi connectivity index (χ0n) is 30.8. The highest BCUT2D eigenvalue weighted by atomic mass is 28.4.